The van der Waals surface area contributed by atoms with Crippen LogP contribution in [-0.4, -0.2) is 35.1 Å². The van der Waals surface area contributed by atoms with E-state index in [0.29, 0.717) is 12.8 Å². The van der Waals surface area contributed by atoms with Gasteiger partial charge < -0.3 is 10.0 Å². The summed E-state index contributed by atoms with van der Waals surface area (Å²) >= 11 is 0. The van der Waals surface area contributed by atoms with Gasteiger partial charge in [-0.05, 0) is 32.1 Å². The van der Waals surface area contributed by atoms with Crippen molar-refractivity contribution < 1.29 is 9.90 Å². The molecule has 3 nitrogen and oxygen atoms in total. The number of carbonyl (C=O) groups excluding carboxylic acids is 1. The molecule has 0 aromatic heterocycles. The van der Waals surface area contributed by atoms with Gasteiger partial charge in [-0.1, -0.05) is 12.2 Å². The number of hydrogen-bond acceptors (Lipinski definition) is 2. The number of carbonyl (C=O) groups is 1. The molecule has 0 unspecified atom stereocenters. The molecule has 1 aliphatic carbocycles. The molecule has 0 aromatic rings. The molecule has 1 saturated heterocycles. The molecule has 1 heterocycles. The van der Waals surface area contributed by atoms with Crippen LogP contribution in [0.25, 0.3) is 0 Å². The first-order valence-corrected chi connectivity index (χ1v) is 5.80. The van der Waals surface area contributed by atoms with Crippen molar-refractivity contribution in [2.45, 2.75) is 38.2 Å². The number of likely N-dealkylation sites (tertiary alicyclic amines) is 1. The van der Waals surface area contributed by atoms with Crippen molar-refractivity contribution in [1.29, 1.82) is 0 Å². The molecule has 2 fully saturated rings. The van der Waals surface area contributed by atoms with E-state index in [2.05, 4.69) is 6.58 Å². The van der Waals surface area contributed by atoms with Gasteiger partial charge in [-0.15, -0.1) is 0 Å². The minimum absolute atomic E-state index is 0.0892. The summed E-state index contributed by atoms with van der Waals surface area (Å²) < 4.78 is 0. The normalized spacial score (nSPS) is 32.1. The first-order chi connectivity index (χ1) is 7.16. The lowest BCUT2D eigenvalue weighted by molar-refractivity contribution is -0.142. The topological polar surface area (TPSA) is 40.5 Å². The first-order valence-electron chi connectivity index (χ1n) is 5.80. The van der Waals surface area contributed by atoms with Crippen LogP contribution in [0.15, 0.2) is 12.2 Å². The number of rotatable bonds is 1. The maximum absolute atomic E-state index is 12.0. The van der Waals surface area contributed by atoms with E-state index < -0.39 is 0 Å². The number of aliphatic hydroxyl groups excluding tert-OH is 1. The van der Waals surface area contributed by atoms with Gasteiger partial charge in [0.25, 0.3) is 0 Å². The van der Waals surface area contributed by atoms with Crippen LogP contribution in [0.3, 0.4) is 0 Å². The highest BCUT2D eigenvalue weighted by molar-refractivity contribution is 5.79. The van der Waals surface area contributed by atoms with Crippen LogP contribution < -0.4 is 0 Å². The van der Waals surface area contributed by atoms with E-state index in [-0.39, 0.29) is 17.9 Å². The fraction of sp³-hybridized carbons (Fsp3) is 0.750. The summed E-state index contributed by atoms with van der Waals surface area (Å²) in [6.07, 6.45) is 4.13. The maximum Gasteiger partial charge on any atom is 0.225 e. The van der Waals surface area contributed by atoms with Gasteiger partial charge in [0.05, 0.1) is 6.10 Å². The van der Waals surface area contributed by atoms with Crippen molar-refractivity contribution in [1.82, 2.24) is 4.90 Å². The Morgan fingerprint density at radius 1 is 1.33 bits per heavy atom. The van der Waals surface area contributed by atoms with E-state index in [0.717, 1.165) is 32.4 Å². The molecule has 15 heavy (non-hydrogen) atoms. The summed E-state index contributed by atoms with van der Waals surface area (Å²) in [5.74, 6) is 0.335. The number of amides is 1. The second-order valence-electron chi connectivity index (χ2n) is 4.75. The van der Waals surface area contributed by atoms with E-state index in [4.69, 9.17) is 0 Å². The zero-order valence-electron chi connectivity index (χ0n) is 9.11. The van der Waals surface area contributed by atoms with E-state index in [1.807, 2.05) is 4.90 Å². The predicted molar refractivity (Wildman–Crippen MR) is 58.3 cm³/mol. The summed E-state index contributed by atoms with van der Waals surface area (Å²) in [7, 11) is 0. The Hall–Kier alpha value is -0.830. The Morgan fingerprint density at radius 2 is 2.07 bits per heavy atom. The van der Waals surface area contributed by atoms with Crippen LogP contribution in [0.4, 0.5) is 0 Å². The third-order valence-corrected chi connectivity index (χ3v) is 3.47. The van der Waals surface area contributed by atoms with Crippen LogP contribution >= 0.6 is 0 Å². The lowest BCUT2D eigenvalue weighted by Gasteiger charge is -2.34. The Bertz CT molecular complexity index is 269. The average Bonchev–Trinajstić information content (AvgIpc) is 2.37. The summed E-state index contributed by atoms with van der Waals surface area (Å²) in [5.41, 5.74) is 1.26. The second-order valence-corrected chi connectivity index (χ2v) is 4.75. The molecule has 84 valence electrons. The second kappa shape index (κ2) is 4.35. The predicted octanol–water partition coefficient (Wildman–Crippen LogP) is 1.33. The molecular formula is C12H19NO2. The highest BCUT2D eigenvalue weighted by Crippen LogP contribution is 2.29. The van der Waals surface area contributed by atoms with Gasteiger partial charge in [-0.3, -0.25) is 4.79 Å². The highest BCUT2D eigenvalue weighted by Gasteiger charge is 2.35. The van der Waals surface area contributed by atoms with E-state index in [9.17, 15) is 9.90 Å². The Balaban J connectivity index is 1.87. The molecule has 2 rings (SSSR count). The molecule has 1 saturated carbocycles. The summed E-state index contributed by atoms with van der Waals surface area (Å²) in [6, 6.07) is 0. The third-order valence-electron chi connectivity index (χ3n) is 3.47. The standard InChI is InChI=1S/C12H19NO2/c1-9-3-2-5-13(6-4-9)12(15)10-7-11(14)8-10/h10-11,14H,1-8H2. The van der Waals surface area contributed by atoms with Gasteiger partial charge in [0.15, 0.2) is 0 Å². The first kappa shape index (κ1) is 10.7. The monoisotopic (exact) mass is 209 g/mol. The molecule has 0 bridgehead atoms. The van der Waals surface area contributed by atoms with Crippen LogP contribution in [0.5, 0.6) is 0 Å². The fourth-order valence-electron chi connectivity index (χ4n) is 2.32. The molecular weight excluding hydrogens is 190 g/mol. The van der Waals surface area contributed by atoms with Gasteiger partial charge in [-0.25, -0.2) is 0 Å². The average molecular weight is 209 g/mol. The van der Waals surface area contributed by atoms with Crippen LogP contribution in [-0.2, 0) is 4.79 Å². The maximum atomic E-state index is 12.0. The fourth-order valence-corrected chi connectivity index (χ4v) is 2.32. The van der Waals surface area contributed by atoms with Gasteiger partial charge >= 0.3 is 0 Å². The Morgan fingerprint density at radius 3 is 2.73 bits per heavy atom. The summed E-state index contributed by atoms with van der Waals surface area (Å²) in [4.78, 5) is 13.9. The molecule has 3 heteroatoms. The van der Waals surface area contributed by atoms with Crippen molar-refractivity contribution in [3.63, 3.8) is 0 Å². The zero-order valence-corrected chi connectivity index (χ0v) is 9.11. The SMILES string of the molecule is C=C1CCCN(C(=O)C2CC(O)C2)CC1. The quantitative estimate of drug-likeness (QED) is 0.662. The third kappa shape index (κ3) is 2.40. The number of aliphatic hydroxyl groups is 1. The van der Waals surface area contributed by atoms with Gasteiger partial charge in [0.2, 0.25) is 5.91 Å². The van der Waals surface area contributed by atoms with Crippen LogP contribution in [0.2, 0.25) is 0 Å². The van der Waals surface area contributed by atoms with Gasteiger partial charge in [0, 0.05) is 19.0 Å². The Kier molecular flexibility index (Phi) is 3.10. The zero-order chi connectivity index (χ0) is 10.8. The smallest absolute Gasteiger partial charge is 0.225 e. The summed E-state index contributed by atoms with van der Waals surface area (Å²) in [6.45, 7) is 5.67. The molecule has 1 N–H and O–H groups in total. The van der Waals surface area contributed by atoms with Gasteiger partial charge in [0.1, 0.15) is 0 Å². The van der Waals surface area contributed by atoms with Crippen molar-refractivity contribution in [2.75, 3.05) is 13.1 Å². The summed E-state index contributed by atoms with van der Waals surface area (Å²) in [5, 5.41) is 9.18. The lowest BCUT2D eigenvalue weighted by Crippen LogP contribution is -2.44. The number of nitrogens with zero attached hydrogens (tertiary/aromatic N) is 1. The lowest BCUT2D eigenvalue weighted by atomic mass is 9.81. The highest BCUT2D eigenvalue weighted by atomic mass is 16.3. The minimum Gasteiger partial charge on any atom is -0.393 e. The minimum atomic E-state index is -0.235. The van der Waals surface area contributed by atoms with Crippen LogP contribution in [0.1, 0.15) is 32.1 Å². The molecule has 0 spiro atoms. The Labute approximate surface area is 90.8 Å². The number of hydrogen-bond donors (Lipinski definition) is 1. The molecule has 0 radical (unpaired) electrons. The van der Waals surface area contributed by atoms with Gasteiger partial charge in [-0.2, -0.15) is 0 Å². The largest absolute Gasteiger partial charge is 0.393 e. The van der Waals surface area contributed by atoms with Crippen molar-refractivity contribution in [3.05, 3.63) is 12.2 Å². The molecule has 1 amide bonds. The molecule has 0 aromatic carbocycles. The van der Waals surface area contributed by atoms with E-state index in [1.54, 1.807) is 0 Å². The van der Waals surface area contributed by atoms with Crippen LogP contribution in [0, 0.1) is 5.92 Å². The molecule has 0 atom stereocenters. The van der Waals surface area contributed by atoms with Crippen molar-refractivity contribution in [3.8, 4) is 0 Å². The molecule has 1 aliphatic heterocycles. The van der Waals surface area contributed by atoms with Crippen molar-refractivity contribution >= 4 is 5.91 Å². The van der Waals surface area contributed by atoms with Crippen molar-refractivity contribution in [2.24, 2.45) is 5.92 Å². The molecule has 2 aliphatic rings. The van der Waals surface area contributed by atoms with E-state index in [1.165, 1.54) is 5.57 Å². The van der Waals surface area contributed by atoms with E-state index >= 15 is 0 Å².